The van der Waals surface area contributed by atoms with E-state index in [1.165, 1.54) is 13.3 Å². The van der Waals surface area contributed by atoms with Gasteiger partial charge < -0.3 is 14.4 Å². The topological polar surface area (TPSA) is 92.5 Å². The van der Waals surface area contributed by atoms with E-state index >= 15 is 0 Å². The number of carbonyl (C=O) groups excluding carboxylic acids is 2. The van der Waals surface area contributed by atoms with Gasteiger partial charge in [0.2, 0.25) is 11.8 Å². The number of hydrogen-bond donors (Lipinski definition) is 0. The van der Waals surface area contributed by atoms with Crippen LogP contribution in [0, 0.1) is 45.8 Å². The van der Waals surface area contributed by atoms with E-state index in [1.807, 2.05) is 13.8 Å². The highest BCUT2D eigenvalue weighted by atomic mass is 16.5. The lowest BCUT2D eigenvalue weighted by Gasteiger charge is -2.60. The van der Waals surface area contributed by atoms with Gasteiger partial charge in [-0.2, -0.15) is 5.26 Å². The molecule has 0 N–H and O–H groups in total. The minimum Gasteiger partial charge on any atom is -0.477 e. The molecule has 1 aromatic rings. The monoisotopic (exact) mass is 437 g/mol. The number of rotatable bonds is 5. The molecule has 0 spiro atoms. The summed E-state index contributed by atoms with van der Waals surface area (Å²) < 4.78 is 11.1. The number of methoxy groups -OCH3 is 1. The van der Waals surface area contributed by atoms with Gasteiger partial charge in [-0.05, 0) is 55.9 Å². The molecule has 170 valence electrons. The fourth-order valence-corrected chi connectivity index (χ4v) is 7.30. The molecule has 1 aromatic heterocycles. The number of likely N-dealkylation sites (tertiary alicyclic amines) is 1. The van der Waals surface area contributed by atoms with E-state index in [9.17, 15) is 9.59 Å². The van der Waals surface area contributed by atoms with Crippen LogP contribution in [-0.4, -0.2) is 48.1 Å². The van der Waals surface area contributed by atoms with Crippen molar-refractivity contribution in [3.63, 3.8) is 0 Å². The van der Waals surface area contributed by atoms with Crippen LogP contribution in [0.1, 0.15) is 51.5 Å². The van der Waals surface area contributed by atoms with Crippen molar-refractivity contribution >= 4 is 11.9 Å². The molecule has 7 nitrogen and oxygen atoms in total. The molecule has 0 aromatic carbocycles. The first kappa shape index (κ1) is 21.2. The van der Waals surface area contributed by atoms with Gasteiger partial charge in [-0.1, -0.05) is 13.8 Å². The Kier molecular flexibility index (Phi) is 4.96. The Bertz CT molecular complexity index is 950. The molecule has 2 heterocycles. The van der Waals surface area contributed by atoms with Gasteiger partial charge >= 0.3 is 5.97 Å². The van der Waals surface area contributed by atoms with Crippen molar-refractivity contribution in [1.82, 2.24) is 9.88 Å². The van der Waals surface area contributed by atoms with Crippen LogP contribution in [0.2, 0.25) is 0 Å². The molecule has 3 atom stereocenters. The van der Waals surface area contributed by atoms with E-state index in [1.54, 1.807) is 12.1 Å². The Morgan fingerprint density at radius 2 is 1.97 bits per heavy atom. The standard InChI is InChI=1S/C25H31N3O4/c1-24(2)19(14-32-20-5-4-15(11-26)12-27-20)13-28(22(24)29)21-17-6-16-7-18(21)10-25(8-16,9-17)23(30)31-3/h4-5,12,16-19,21H,6-10,13-14H2,1-3H3. The van der Waals surface area contributed by atoms with Crippen molar-refractivity contribution in [3.05, 3.63) is 23.9 Å². The minimum atomic E-state index is -0.513. The van der Waals surface area contributed by atoms with Crippen LogP contribution in [-0.2, 0) is 14.3 Å². The highest BCUT2D eigenvalue weighted by Crippen LogP contribution is 2.62. The average Bonchev–Trinajstić information content (AvgIpc) is 3.00. The summed E-state index contributed by atoms with van der Waals surface area (Å²) in [4.78, 5) is 32.5. The van der Waals surface area contributed by atoms with Crippen LogP contribution in [0.3, 0.4) is 0 Å². The number of aromatic nitrogens is 1. The summed E-state index contributed by atoms with van der Waals surface area (Å²) in [5.41, 5.74) is -0.350. The number of nitrogens with zero attached hydrogens (tertiary/aromatic N) is 3. The van der Waals surface area contributed by atoms with Crippen molar-refractivity contribution in [2.24, 2.45) is 34.5 Å². The molecule has 1 amide bonds. The van der Waals surface area contributed by atoms with Crippen molar-refractivity contribution < 1.29 is 19.1 Å². The van der Waals surface area contributed by atoms with E-state index in [4.69, 9.17) is 14.7 Å². The third-order valence-corrected chi connectivity index (χ3v) is 8.75. The molecule has 5 fully saturated rings. The van der Waals surface area contributed by atoms with Crippen molar-refractivity contribution in [2.45, 2.75) is 52.0 Å². The van der Waals surface area contributed by atoms with Crippen LogP contribution in [0.25, 0.3) is 0 Å². The Balaban J connectivity index is 1.31. The van der Waals surface area contributed by atoms with Gasteiger partial charge in [-0.25, -0.2) is 4.98 Å². The highest BCUT2D eigenvalue weighted by molar-refractivity contribution is 5.85. The first-order chi connectivity index (χ1) is 15.3. The van der Waals surface area contributed by atoms with E-state index in [-0.39, 0.29) is 29.3 Å². The van der Waals surface area contributed by atoms with Crippen LogP contribution in [0.4, 0.5) is 0 Å². The van der Waals surface area contributed by atoms with E-state index < -0.39 is 5.41 Å². The van der Waals surface area contributed by atoms with Crippen molar-refractivity contribution in [2.75, 3.05) is 20.3 Å². The fraction of sp³-hybridized carbons (Fsp3) is 0.680. The van der Waals surface area contributed by atoms with Gasteiger partial charge in [0.15, 0.2) is 0 Å². The van der Waals surface area contributed by atoms with Crippen LogP contribution in [0.5, 0.6) is 5.88 Å². The zero-order valence-corrected chi connectivity index (χ0v) is 19.0. The maximum absolute atomic E-state index is 13.6. The number of ether oxygens (including phenoxy) is 2. The summed E-state index contributed by atoms with van der Waals surface area (Å²) in [6.07, 6.45) is 6.36. The molecule has 32 heavy (non-hydrogen) atoms. The molecule has 4 saturated carbocycles. The van der Waals surface area contributed by atoms with Crippen LogP contribution in [0.15, 0.2) is 18.3 Å². The summed E-state index contributed by atoms with van der Waals surface area (Å²) in [6.45, 7) is 5.11. The maximum atomic E-state index is 13.6. The quantitative estimate of drug-likeness (QED) is 0.657. The number of nitriles is 1. The number of amides is 1. The molecule has 5 aliphatic rings. The molecule has 4 bridgehead atoms. The van der Waals surface area contributed by atoms with Crippen molar-refractivity contribution in [1.29, 1.82) is 5.26 Å². The lowest BCUT2D eigenvalue weighted by atomic mass is 9.47. The normalized spacial score (nSPS) is 36.8. The summed E-state index contributed by atoms with van der Waals surface area (Å²) >= 11 is 0. The molecule has 1 aliphatic heterocycles. The Morgan fingerprint density at radius 1 is 1.25 bits per heavy atom. The molecule has 1 saturated heterocycles. The second-order valence-electron chi connectivity index (χ2n) is 10.9. The zero-order chi connectivity index (χ0) is 22.7. The third-order valence-electron chi connectivity index (χ3n) is 8.75. The van der Waals surface area contributed by atoms with Gasteiger partial charge in [-0.3, -0.25) is 9.59 Å². The molecule has 0 radical (unpaired) electrons. The lowest BCUT2D eigenvalue weighted by molar-refractivity contribution is -0.177. The summed E-state index contributed by atoms with van der Waals surface area (Å²) in [6, 6.07) is 5.65. The fourth-order valence-electron chi connectivity index (χ4n) is 7.30. The number of esters is 1. The SMILES string of the molecule is COC(=O)C12CC3CC(C1)C(N1CC(COc4ccc(C#N)cn4)C(C)(C)C1=O)C(C3)C2. The van der Waals surface area contributed by atoms with Gasteiger partial charge in [0, 0.05) is 30.8 Å². The third kappa shape index (κ3) is 3.18. The van der Waals surface area contributed by atoms with E-state index in [0.717, 1.165) is 32.1 Å². The van der Waals surface area contributed by atoms with E-state index in [0.29, 0.717) is 42.3 Å². The number of carbonyl (C=O) groups is 2. The molecule has 3 unspecified atom stereocenters. The smallest absolute Gasteiger partial charge is 0.311 e. The predicted molar refractivity (Wildman–Crippen MR) is 115 cm³/mol. The molecule has 7 heteroatoms. The average molecular weight is 438 g/mol. The molecule has 4 aliphatic carbocycles. The van der Waals surface area contributed by atoms with Gasteiger partial charge in [0.1, 0.15) is 6.07 Å². The van der Waals surface area contributed by atoms with Crippen molar-refractivity contribution in [3.8, 4) is 11.9 Å². The second kappa shape index (κ2) is 7.47. The van der Waals surface area contributed by atoms with Gasteiger partial charge in [-0.15, -0.1) is 0 Å². The number of hydrogen-bond acceptors (Lipinski definition) is 6. The predicted octanol–water partition coefficient (Wildman–Crippen LogP) is 3.18. The molecular formula is C25H31N3O4. The largest absolute Gasteiger partial charge is 0.477 e. The number of pyridine rings is 1. The second-order valence-corrected chi connectivity index (χ2v) is 10.9. The van der Waals surface area contributed by atoms with E-state index in [2.05, 4.69) is 16.0 Å². The Labute approximate surface area is 189 Å². The van der Waals surface area contributed by atoms with Crippen LogP contribution < -0.4 is 4.74 Å². The first-order valence-electron chi connectivity index (χ1n) is 11.7. The minimum absolute atomic E-state index is 0.0513. The first-order valence-corrected chi connectivity index (χ1v) is 11.7. The lowest BCUT2D eigenvalue weighted by Crippen LogP contribution is -2.61. The summed E-state index contributed by atoms with van der Waals surface area (Å²) in [5, 5.41) is 8.93. The van der Waals surface area contributed by atoms with Crippen LogP contribution >= 0.6 is 0 Å². The summed E-state index contributed by atoms with van der Waals surface area (Å²) in [5.74, 6) is 2.00. The zero-order valence-electron chi connectivity index (χ0n) is 19.0. The summed E-state index contributed by atoms with van der Waals surface area (Å²) in [7, 11) is 1.50. The Morgan fingerprint density at radius 3 is 2.56 bits per heavy atom. The highest BCUT2D eigenvalue weighted by Gasteiger charge is 2.62. The molecular weight excluding hydrogens is 406 g/mol. The Hall–Kier alpha value is -2.62. The van der Waals surface area contributed by atoms with Gasteiger partial charge in [0.25, 0.3) is 0 Å². The molecule has 6 rings (SSSR count). The maximum Gasteiger partial charge on any atom is 0.311 e. The van der Waals surface area contributed by atoms with Gasteiger partial charge in [0.05, 0.1) is 30.1 Å².